The van der Waals surface area contributed by atoms with E-state index in [1.54, 1.807) is 11.9 Å². The zero-order valence-electron chi connectivity index (χ0n) is 11.4. The molecule has 20 heavy (non-hydrogen) atoms. The number of nitrogens with two attached hydrogens (primary N) is 1. The molecular weight excluding hydrogens is 261 g/mol. The van der Waals surface area contributed by atoms with Crippen molar-refractivity contribution >= 4 is 11.8 Å². The highest BCUT2D eigenvalue weighted by Gasteiger charge is 2.22. The summed E-state index contributed by atoms with van der Waals surface area (Å²) in [6, 6.07) is 4.21. The molecule has 1 heterocycles. The number of likely N-dealkylation sites (tertiary alicyclic amines) is 1. The Labute approximate surface area is 116 Å². The number of hydrogen-bond acceptors (Lipinski definition) is 3. The molecule has 1 fully saturated rings. The van der Waals surface area contributed by atoms with E-state index in [-0.39, 0.29) is 17.8 Å². The van der Waals surface area contributed by atoms with Gasteiger partial charge >= 0.3 is 0 Å². The number of carbonyl (C=O) groups excluding carboxylic acids is 2. The molecule has 0 bridgehead atoms. The fraction of sp³-hybridized carbons (Fsp3) is 0.429. The molecule has 1 aromatic rings. The first-order valence-electron chi connectivity index (χ1n) is 6.53. The number of likely N-dealkylation sites (N-methyl/N-ethyl adjacent to an activating group) is 1. The molecule has 1 saturated heterocycles. The molecular formula is C14H18FN3O2. The van der Waals surface area contributed by atoms with E-state index in [1.807, 2.05) is 0 Å². The molecule has 1 aliphatic rings. The van der Waals surface area contributed by atoms with Crippen molar-refractivity contribution in [2.45, 2.75) is 25.4 Å². The smallest absolute Gasteiger partial charge is 0.248 e. The van der Waals surface area contributed by atoms with E-state index in [0.29, 0.717) is 30.6 Å². The summed E-state index contributed by atoms with van der Waals surface area (Å²) in [5.41, 5.74) is 5.87. The Morgan fingerprint density at radius 3 is 2.95 bits per heavy atom. The second kappa shape index (κ2) is 6.00. The van der Waals surface area contributed by atoms with E-state index < -0.39 is 5.91 Å². The van der Waals surface area contributed by atoms with Crippen molar-refractivity contribution < 1.29 is 14.0 Å². The first kappa shape index (κ1) is 14.5. The number of nitrogens with zero attached hydrogens (tertiary/aromatic N) is 1. The third kappa shape index (κ3) is 3.33. The summed E-state index contributed by atoms with van der Waals surface area (Å²) >= 11 is 0. The van der Waals surface area contributed by atoms with Crippen molar-refractivity contribution in [2.75, 3.05) is 13.6 Å². The lowest BCUT2D eigenvalue weighted by Crippen LogP contribution is -2.46. The number of carbonyl (C=O) groups is 2. The summed E-state index contributed by atoms with van der Waals surface area (Å²) in [7, 11) is 1.75. The van der Waals surface area contributed by atoms with Gasteiger partial charge in [-0.15, -0.1) is 0 Å². The zero-order chi connectivity index (χ0) is 14.7. The van der Waals surface area contributed by atoms with Crippen LogP contribution in [0.2, 0.25) is 0 Å². The molecule has 6 heteroatoms. The molecule has 3 N–H and O–H groups in total. The number of amides is 2. The van der Waals surface area contributed by atoms with Crippen LogP contribution in [0.4, 0.5) is 4.39 Å². The van der Waals surface area contributed by atoms with Gasteiger partial charge in [0.2, 0.25) is 11.8 Å². The zero-order valence-corrected chi connectivity index (χ0v) is 11.4. The molecule has 1 atom stereocenters. The highest BCUT2D eigenvalue weighted by molar-refractivity contribution is 5.92. The second-order valence-corrected chi connectivity index (χ2v) is 5.06. The van der Waals surface area contributed by atoms with Crippen molar-refractivity contribution in [3.8, 4) is 0 Å². The van der Waals surface area contributed by atoms with Crippen LogP contribution in [0.25, 0.3) is 0 Å². The summed E-state index contributed by atoms with van der Waals surface area (Å²) in [6.07, 6.45) is 1.23. The summed E-state index contributed by atoms with van der Waals surface area (Å²) in [4.78, 5) is 24.1. The van der Waals surface area contributed by atoms with Gasteiger partial charge in [-0.1, -0.05) is 0 Å². The van der Waals surface area contributed by atoms with Crippen molar-refractivity contribution in [2.24, 2.45) is 5.73 Å². The van der Waals surface area contributed by atoms with Crippen LogP contribution in [-0.2, 0) is 11.3 Å². The molecule has 1 aliphatic heterocycles. The lowest BCUT2D eigenvalue weighted by atomic mass is 10.0. The summed E-state index contributed by atoms with van der Waals surface area (Å²) in [5, 5.41) is 3.21. The predicted octanol–water partition coefficient (Wildman–Crippen LogP) is 0.635. The molecule has 0 radical (unpaired) electrons. The van der Waals surface area contributed by atoms with Gasteiger partial charge in [0.05, 0.1) is 0 Å². The van der Waals surface area contributed by atoms with Crippen LogP contribution in [0.15, 0.2) is 18.2 Å². The summed E-state index contributed by atoms with van der Waals surface area (Å²) < 4.78 is 13.7. The quantitative estimate of drug-likeness (QED) is 0.849. The SMILES string of the molecule is CN1CC(NCc2cc(C(N)=O)ccc2F)CCC1=O. The average Bonchev–Trinajstić information content (AvgIpc) is 2.41. The predicted molar refractivity (Wildman–Crippen MR) is 72.4 cm³/mol. The van der Waals surface area contributed by atoms with Crippen molar-refractivity contribution in [1.29, 1.82) is 0 Å². The molecule has 1 unspecified atom stereocenters. The molecule has 0 aromatic heterocycles. The van der Waals surface area contributed by atoms with E-state index in [1.165, 1.54) is 18.2 Å². The largest absolute Gasteiger partial charge is 0.366 e. The fourth-order valence-corrected chi connectivity index (χ4v) is 2.30. The van der Waals surface area contributed by atoms with Crippen LogP contribution in [0.5, 0.6) is 0 Å². The molecule has 0 aliphatic carbocycles. The van der Waals surface area contributed by atoms with Gasteiger partial charge in [-0.3, -0.25) is 9.59 Å². The normalized spacial score (nSPS) is 19.2. The average molecular weight is 279 g/mol. The highest BCUT2D eigenvalue weighted by atomic mass is 19.1. The number of benzene rings is 1. The Kier molecular flexibility index (Phi) is 4.34. The monoisotopic (exact) mass is 279 g/mol. The minimum absolute atomic E-state index is 0.130. The van der Waals surface area contributed by atoms with E-state index in [2.05, 4.69) is 5.32 Å². The van der Waals surface area contributed by atoms with Gasteiger partial charge in [0.1, 0.15) is 5.82 Å². The van der Waals surface area contributed by atoms with E-state index >= 15 is 0 Å². The lowest BCUT2D eigenvalue weighted by molar-refractivity contribution is -0.132. The Balaban J connectivity index is 1.98. The van der Waals surface area contributed by atoms with Crippen molar-refractivity contribution in [1.82, 2.24) is 10.2 Å². The van der Waals surface area contributed by atoms with Gasteiger partial charge < -0.3 is 16.0 Å². The lowest BCUT2D eigenvalue weighted by Gasteiger charge is -2.30. The molecule has 1 aromatic carbocycles. The molecule has 0 spiro atoms. The van der Waals surface area contributed by atoms with Gasteiger partial charge in [-0.25, -0.2) is 4.39 Å². The third-order valence-electron chi connectivity index (χ3n) is 3.54. The number of hydrogen-bond donors (Lipinski definition) is 2. The fourth-order valence-electron chi connectivity index (χ4n) is 2.30. The van der Waals surface area contributed by atoms with Gasteiger partial charge in [0, 0.05) is 43.7 Å². The standard InChI is InChI=1S/C14H18FN3O2/c1-18-8-11(3-5-13(18)19)17-7-10-6-9(14(16)20)2-4-12(10)15/h2,4,6,11,17H,3,5,7-8H2,1H3,(H2,16,20). The number of halogens is 1. The number of piperidine rings is 1. The maximum absolute atomic E-state index is 13.7. The molecule has 0 saturated carbocycles. The highest BCUT2D eigenvalue weighted by Crippen LogP contribution is 2.13. The van der Waals surface area contributed by atoms with Gasteiger partial charge in [-0.05, 0) is 24.6 Å². The third-order valence-corrected chi connectivity index (χ3v) is 3.54. The van der Waals surface area contributed by atoms with Crippen molar-refractivity contribution in [3.05, 3.63) is 35.1 Å². The topological polar surface area (TPSA) is 75.4 Å². The number of rotatable bonds is 4. The van der Waals surface area contributed by atoms with E-state index in [4.69, 9.17) is 5.73 Å². The maximum Gasteiger partial charge on any atom is 0.248 e. The van der Waals surface area contributed by atoms with Gasteiger partial charge in [0.15, 0.2) is 0 Å². The van der Waals surface area contributed by atoms with Crippen LogP contribution in [0.1, 0.15) is 28.8 Å². The number of nitrogens with one attached hydrogen (secondary N) is 1. The Hall–Kier alpha value is -1.95. The van der Waals surface area contributed by atoms with Crippen molar-refractivity contribution in [3.63, 3.8) is 0 Å². The first-order chi connectivity index (χ1) is 9.47. The second-order valence-electron chi connectivity index (χ2n) is 5.06. The van der Waals surface area contributed by atoms with Crippen LogP contribution in [0, 0.1) is 5.82 Å². The Bertz CT molecular complexity index is 533. The Morgan fingerprint density at radius 2 is 2.30 bits per heavy atom. The van der Waals surface area contributed by atoms with Crippen LogP contribution in [0.3, 0.4) is 0 Å². The number of primary amides is 1. The first-order valence-corrected chi connectivity index (χ1v) is 6.53. The van der Waals surface area contributed by atoms with Crippen LogP contribution in [-0.4, -0.2) is 36.3 Å². The molecule has 2 amide bonds. The van der Waals surface area contributed by atoms with Crippen LogP contribution < -0.4 is 11.1 Å². The Morgan fingerprint density at radius 1 is 1.55 bits per heavy atom. The summed E-state index contributed by atoms with van der Waals surface area (Å²) in [5.74, 6) is -0.818. The van der Waals surface area contributed by atoms with E-state index in [0.717, 1.165) is 6.42 Å². The maximum atomic E-state index is 13.7. The summed E-state index contributed by atoms with van der Waals surface area (Å²) in [6.45, 7) is 0.912. The van der Waals surface area contributed by atoms with Crippen LogP contribution >= 0.6 is 0 Å². The minimum Gasteiger partial charge on any atom is -0.366 e. The van der Waals surface area contributed by atoms with Gasteiger partial charge in [0.25, 0.3) is 0 Å². The molecule has 108 valence electrons. The van der Waals surface area contributed by atoms with E-state index in [9.17, 15) is 14.0 Å². The van der Waals surface area contributed by atoms with Gasteiger partial charge in [-0.2, -0.15) is 0 Å². The minimum atomic E-state index is -0.575. The molecule has 2 rings (SSSR count). The molecule has 5 nitrogen and oxygen atoms in total.